The highest BCUT2D eigenvalue weighted by Gasteiger charge is 2.40. The number of hydrogen-bond acceptors (Lipinski definition) is 9. The molecule has 2 heterocycles. The van der Waals surface area contributed by atoms with Crippen LogP contribution in [-0.2, 0) is 33.6 Å². The van der Waals surface area contributed by atoms with Crippen LogP contribution in [0.2, 0.25) is 0 Å². The Labute approximate surface area is 260 Å². The number of aldehydes is 1. The van der Waals surface area contributed by atoms with Crippen LogP contribution in [0.1, 0.15) is 58.8 Å². The summed E-state index contributed by atoms with van der Waals surface area (Å²) < 4.78 is 0. The van der Waals surface area contributed by atoms with Crippen LogP contribution in [0.25, 0.3) is 0 Å². The molecule has 252 valence electrons. The van der Waals surface area contributed by atoms with E-state index in [1.807, 2.05) is 0 Å². The second-order valence-electron chi connectivity index (χ2n) is 11.3. The van der Waals surface area contributed by atoms with Crippen molar-refractivity contribution >= 4 is 47.8 Å². The van der Waals surface area contributed by atoms with Gasteiger partial charge in [-0.25, -0.2) is 0 Å². The lowest BCUT2D eigenvalue weighted by atomic mass is 10.1. The molecule has 0 aliphatic carbocycles. The van der Waals surface area contributed by atoms with Crippen LogP contribution in [0.4, 0.5) is 0 Å². The van der Waals surface area contributed by atoms with Crippen LogP contribution in [0.3, 0.4) is 0 Å². The Hall–Kier alpha value is -4.32. The zero-order valence-corrected chi connectivity index (χ0v) is 25.6. The van der Waals surface area contributed by atoms with Crippen molar-refractivity contribution in [1.29, 1.82) is 0 Å². The lowest BCUT2D eigenvalue weighted by Gasteiger charge is -2.31. The number of nitrogens with zero attached hydrogens (tertiary/aromatic N) is 2. The third-order valence-electron chi connectivity index (χ3n) is 7.71. The number of rotatable bonds is 16. The lowest BCUT2D eigenvalue weighted by molar-refractivity contribution is -0.459. The molecule has 2 aliphatic heterocycles. The first kappa shape index (κ1) is 36.9. The summed E-state index contributed by atoms with van der Waals surface area (Å²) in [5.41, 5.74) is 16.4. The predicted molar refractivity (Wildman–Crippen MR) is 157 cm³/mol. The van der Waals surface area contributed by atoms with E-state index in [2.05, 4.69) is 20.9 Å². The first-order valence-electron chi connectivity index (χ1n) is 14.9. The summed E-state index contributed by atoms with van der Waals surface area (Å²) in [7, 11) is 0. The standard InChI is InChI=1S/C27H45N9O9/c1-14(25(44)35-10-4-6-16(35)13-37)32-23(42)19-8-5-11-36(19)26(45)18(7-3-9-31-27(29)30)33-24(43)21(15(2)38)34-22(41)17(28)12-20(39)40/h13-19,21,38H,3-12,28H2,1-2H3,(H,32,42)(H,33,43)(H,34,41)(H,39,40)(H4,29,30,31)/p+1/t14-,15+,16-,17-,18-,19-,21-/m0/s1. The van der Waals surface area contributed by atoms with E-state index in [-0.39, 0.29) is 31.9 Å². The molecule has 0 bridgehead atoms. The number of aliphatic carboxylic acids is 1. The molecule has 0 radical (unpaired) electrons. The molecule has 5 amide bonds. The highest BCUT2D eigenvalue weighted by molar-refractivity contribution is 5.96. The predicted octanol–water partition coefficient (Wildman–Crippen LogP) is -6.04. The summed E-state index contributed by atoms with van der Waals surface area (Å²) in [5.74, 6) is -4.90. The Kier molecular flexibility index (Phi) is 14.1. The number of amides is 5. The smallest absolute Gasteiger partial charge is 0.338 e. The van der Waals surface area contributed by atoms with Crippen LogP contribution in [0.5, 0.6) is 0 Å². The second-order valence-corrected chi connectivity index (χ2v) is 11.3. The average molecular weight is 641 g/mol. The summed E-state index contributed by atoms with van der Waals surface area (Å²) in [6.45, 7) is 3.55. The third-order valence-corrected chi connectivity index (χ3v) is 7.71. The van der Waals surface area contributed by atoms with Gasteiger partial charge in [0.15, 0.2) is 0 Å². The fourth-order valence-electron chi connectivity index (χ4n) is 5.33. The molecular weight excluding hydrogens is 594 g/mol. The number of carboxylic acids is 1. The monoisotopic (exact) mass is 640 g/mol. The molecule has 0 aromatic heterocycles. The minimum atomic E-state index is -1.58. The topological polar surface area (TPSA) is 295 Å². The van der Waals surface area contributed by atoms with Crippen molar-refractivity contribution in [2.75, 3.05) is 19.6 Å². The minimum Gasteiger partial charge on any atom is -0.481 e. The maximum atomic E-state index is 13.8. The van der Waals surface area contributed by atoms with Gasteiger partial charge in [-0.2, -0.15) is 0 Å². The van der Waals surface area contributed by atoms with E-state index in [9.17, 15) is 38.7 Å². The van der Waals surface area contributed by atoms with Gasteiger partial charge in [-0.1, -0.05) is 0 Å². The van der Waals surface area contributed by atoms with Gasteiger partial charge in [0.2, 0.25) is 29.5 Å². The number of carboxylic acid groups (broad SMARTS) is 1. The normalized spacial score (nSPS) is 21.1. The number of nitrogens with two attached hydrogens (primary N) is 3. The molecule has 0 spiro atoms. The summed E-state index contributed by atoms with van der Waals surface area (Å²) >= 11 is 0. The summed E-state index contributed by atoms with van der Waals surface area (Å²) in [6, 6.07) is -6.72. The molecule has 0 aromatic carbocycles. The zero-order valence-electron chi connectivity index (χ0n) is 25.6. The molecule has 0 saturated carbocycles. The first-order valence-corrected chi connectivity index (χ1v) is 14.9. The zero-order chi connectivity index (χ0) is 33.8. The molecule has 18 heteroatoms. The molecule has 7 atom stereocenters. The molecule has 2 rings (SSSR count). The number of guanidine groups is 1. The van der Waals surface area contributed by atoms with Crippen molar-refractivity contribution in [1.82, 2.24) is 25.8 Å². The van der Waals surface area contributed by atoms with Crippen molar-refractivity contribution in [3.63, 3.8) is 0 Å². The fraction of sp³-hybridized carbons (Fsp3) is 0.704. The van der Waals surface area contributed by atoms with Crippen molar-refractivity contribution in [3.8, 4) is 0 Å². The SMILES string of the molecule is C[C@H](NC(=O)[C@@H]1CCCN1C(=O)[C@H](CCC[NH+]=C(N)N)NC(=O)[C@@H](NC(=O)[C@@H](N)CC(=O)O)[C@@H](C)O)C(=O)N1CCC[C@H]1C=O. The molecule has 0 unspecified atom stereocenters. The van der Waals surface area contributed by atoms with Crippen LogP contribution in [0, 0.1) is 0 Å². The van der Waals surface area contributed by atoms with Gasteiger partial charge in [-0.15, -0.1) is 0 Å². The van der Waals surface area contributed by atoms with Crippen LogP contribution in [-0.4, -0.2) is 130 Å². The maximum Gasteiger partial charge on any atom is 0.338 e. The van der Waals surface area contributed by atoms with Gasteiger partial charge in [-0.3, -0.25) is 45.2 Å². The van der Waals surface area contributed by atoms with E-state index in [4.69, 9.17) is 22.3 Å². The Balaban J connectivity index is 2.18. The van der Waals surface area contributed by atoms with Crippen LogP contribution < -0.4 is 38.1 Å². The quantitative estimate of drug-likeness (QED) is 0.0330. The summed E-state index contributed by atoms with van der Waals surface area (Å²) in [5, 5.41) is 26.5. The Bertz CT molecular complexity index is 1140. The van der Waals surface area contributed by atoms with Crippen molar-refractivity contribution in [2.45, 2.75) is 101 Å². The number of likely N-dealkylation sites (tertiary alicyclic amines) is 2. The Morgan fingerprint density at radius 1 is 0.956 bits per heavy atom. The minimum absolute atomic E-state index is 0.0473. The van der Waals surface area contributed by atoms with E-state index < -0.39 is 84.3 Å². The lowest BCUT2D eigenvalue weighted by Crippen LogP contribution is -2.78. The first-order chi connectivity index (χ1) is 21.2. The molecular formula is C27H46N9O9+. The number of hydrogen-bond donors (Lipinski definition) is 9. The molecule has 2 aliphatic rings. The Morgan fingerprint density at radius 3 is 2.20 bits per heavy atom. The van der Waals surface area contributed by atoms with Gasteiger partial charge < -0.3 is 46.5 Å². The second kappa shape index (κ2) is 17.2. The van der Waals surface area contributed by atoms with Gasteiger partial charge >= 0.3 is 11.9 Å². The fourth-order valence-corrected chi connectivity index (χ4v) is 5.33. The third kappa shape index (κ3) is 10.7. The van der Waals surface area contributed by atoms with E-state index in [0.717, 1.165) is 0 Å². The Morgan fingerprint density at radius 2 is 1.60 bits per heavy atom. The maximum absolute atomic E-state index is 13.8. The number of carbonyl (C=O) groups excluding carboxylic acids is 6. The van der Waals surface area contributed by atoms with E-state index in [0.29, 0.717) is 38.5 Å². The highest BCUT2D eigenvalue weighted by atomic mass is 16.4. The summed E-state index contributed by atoms with van der Waals surface area (Å²) in [4.78, 5) is 93.3. The van der Waals surface area contributed by atoms with Crippen molar-refractivity contribution < 1.29 is 48.8 Å². The van der Waals surface area contributed by atoms with E-state index >= 15 is 0 Å². The number of carbonyl (C=O) groups is 7. The number of aliphatic hydroxyl groups excluding tert-OH is 1. The van der Waals surface area contributed by atoms with Crippen molar-refractivity contribution in [2.24, 2.45) is 17.2 Å². The molecule has 18 nitrogen and oxygen atoms in total. The molecule has 0 aromatic rings. The number of nitrogens with one attached hydrogen (secondary N) is 4. The van der Waals surface area contributed by atoms with Gasteiger partial charge in [-0.05, 0) is 52.4 Å². The highest BCUT2D eigenvalue weighted by Crippen LogP contribution is 2.21. The van der Waals surface area contributed by atoms with Crippen LogP contribution >= 0.6 is 0 Å². The number of aliphatic hydroxyl groups is 1. The van der Waals surface area contributed by atoms with Gasteiger partial charge in [0, 0.05) is 13.1 Å². The molecule has 12 N–H and O–H groups in total. The molecule has 2 fully saturated rings. The summed E-state index contributed by atoms with van der Waals surface area (Å²) in [6.07, 6.45) is 0.871. The largest absolute Gasteiger partial charge is 0.481 e. The van der Waals surface area contributed by atoms with E-state index in [1.165, 1.54) is 23.6 Å². The van der Waals surface area contributed by atoms with Crippen molar-refractivity contribution in [3.05, 3.63) is 0 Å². The van der Waals surface area contributed by atoms with Gasteiger partial charge in [0.25, 0.3) is 0 Å². The van der Waals surface area contributed by atoms with Gasteiger partial charge in [0.05, 0.1) is 31.2 Å². The van der Waals surface area contributed by atoms with Crippen LogP contribution in [0.15, 0.2) is 0 Å². The molecule has 2 saturated heterocycles. The molecule has 45 heavy (non-hydrogen) atoms. The van der Waals surface area contributed by atoms with E-state index in [1.54, 1.807) is 0 Å². The average Bonchev–Trinajstić information content (AvgIpc) is 3.65. The van der Waals surface area contributed by atoms with Gasteiger partial charge in [0.1, 0.15) is 30.5 Å².